The predicted octanol–water partition coefficient (Wildman–Crippen LogP) is 1.48. The van der Waals surface area contributed by atoms with E-state index in [-0.39, 0.29) is 4.90 Å². The fourth-order valence-corrected chi connectivity index (χ4v) is 3.51. The summed E-state index contributed by atoms with van der Waals surface area (Å²) in [5.74, 6) is 0. The van der Waals surface area contributed by atoms with Gasteiger partial charge in [0, 0.05) is 12.6 Å². The summed E-state index contributed by atoms with van der Waals surface area (Å²) in [4.78, 5) is 8.84. The number of nitrogens with two attached hydrogens (primary N) is 1. The zero-order chi connectivity index (χ0) is 15.7. The van der Waals surface area contributed by atoms with E-state index in [0.29, 0.717) is 24.1 Å². The molecule has 0 fully saturated rings. The third-order valence-electron chi connectivity index (χ3n) is 3.38. The molecule has 0 saturated heterocycles. The average Bonchev–Trinajstić information content (AvgIpc) is 2.92. The number of aromatic nitrogens is 3. The van der Waals surface area contributed by atoms with Gasteiger partial charge in [-0.15, -0.1) is 0 Å². The van der Waals surface area contributed by atoms with Gasteiger partial charge in [-0.1, -0.05) is 17.7 Å². The van der Waals surface area contributed by atoms with Crippen molar-refractivity contribution in [1.82, 2.24) is 13.9 Å². The van der Waals surface area contributed by atoms with Gasteiger partial charge in [-0.25, -0.2) is 22.4 Å². The second kappa shape index (κ2) is 5.51. The largest absolute Gasteiger partial charge is 0.330 e. The zero-order valence-electron chi connectivity index (χ0n) is 12.1. The van der Waals surface area contributed by atoms with Crippen LogP contribution >= 0.6 is 0 Å². The molecule has 6 nitrogen and oxygen atoms in total. The second-order valence-electron chi connectivity index (χ2n) is 5.04. The van der Waals surface area contributed by atoms with E-state index in [4.69, 9.17) is 5.73 Å². The SMILES string of the molecule is Cc1ccc(S(=O)(=O)n2ccc3nc(CCN)cnc32)cc1. The molecule has 0 radical (unpaired) electrons. The predicted molar refractivity (Wildman–Crippen MR) is 84.0 cm³/mol. The third-order valence-corrected chi connectivity index (χ3v) is 5.06. The van der Waals surface area contributed by atoms with Gasteiger partial charge in [-0.2, -0.15) is 0 Å². The molecular weight excluding hydrogens is 300 g/mol. The quantitative estimate of drug-likeness (QED) is 0.787. The van der Waals surface area contributed by atoms with Crippen molar-refractivity contribution in [3.63, 3.8) is 0 Å². The molecule has 1 aromatic carbocycles. The molecule has 0 aliphatic heterocycles. The van der Waals surface area contributed by atoms with Gasteiger partial charge in [0.15, 0.2) is 5.65 Å². The number of rotatable bonds is 4. The normalized spacial score (nSPS) is 11.9. The Morgan fingerprint density at radius 1 is 1.18 bits per heavy atom. The van der Waals surface area contributed by atoms with Gasteiger partial charge < -0.3 is 5.73 Å². The smallest absolute Gasteiger partial charge is 0.269 e. The Balaban J connectivity index is 2.11. The van der Waals surface area contributed by atoms with Crippen LogP contribution in [0.5, 0.6) is 0 Å². The molecule has 2 N–H and O–H groups in total. The molecule has 7 heteroatoms. The molecular formula is C15H16N4O2S. The molecule has 0 unspecified atom stereocenters. The van der Waals surface area contributed by atoms with Crippen LogP contribution in [-0.4, -0.2) is 28.9 Å². The molecule has 0 aliphatic carbocycles. The number of benzene rings is 1. The molecule has 22 heavy (non-hydrogen) atoms. The summed E-state index contributed by atoms with van der Waals surface area (Å²) >= 11 is 0. The molecule has 0 bridgehead atoms. The highest BCUT2D eigenvalue weighted by molar-refractivity contribution is 7.90. The molecule has 0 spiro atoms. The van der Waals surface area contributed by atoms with E-state index in [1.165, 1.54) is 6.20 Å². The van der Waals surface area contributed by atoms with E-state index in [0.717, 1.165) is 15.2 Å². The van der Waals surface area contributed by atoms with Gasteiger partial charge in [0.2, 0.25) is 0 Å². The van der Waals surface area contributed by atoms with Gasteiger partial charge in [-0.3, -0.25) is 0 Å². The Labute approximate surface area is 128 Å². The van der Waals surface area contributed by atoms with Crippen molar-refractivity contribution in [3.05, 3.63) is 54.0 Å². The monoisotopic (exact) mass is 316 g/mol. The van der Waals surface area contributed by atoms with Crippen LogP contribution in [0.15, 0.2) is 47.6 Å². The minimum Gasteiger partial charge on any atom is -0.330 e. The van der Waals surface area contributed by atoms with Crippen molar-refractivity contribution >= 4 is 21.2 Å². The summed E-state index contributed by atoms with van der Waals surface area (Å²) in [7, 11) is -3.67. The Morgan fingerprint density at radius 3 is 2.59 bits per heavy atom. The first-order chi connectivity index (χ1) is 10.5. The Hall–Kier alpha value is -2.25. The van der Waals surface area contributed by atoms with E-state index >= 15 is 0 Å². The number of aryl methyl sites for hydroxylation is 1. The fourth-order valence-electron chi connectivity index (χ4n) is 2.21. The van der Waals surface area contributed by atoms with Crippen LogP contribution in [0.25, 0.3) is 11.2 Å². The van der Waals surface area contributed by atoms with Crippen LogP contribution in [0.3, 0.4) is 0 Å². The van der Waals surface area contributed by atoms with Crippen molar-refractivity contribution in [2.24, 2.45) is 5.73 Å². The Bertz CT molecular complexity index is 914. The van der Waals surface area contributed by atoms with E-state index in [1.54, 1.807) is 36.5 Å². The van der Waals surface area contributed by atoms with Crippen LogP contribution in [-0.2, 0) is 16.4 Å². The maximum absolute atomic E-state index is 12.7. The summed E-state index contributed by atoms with van der Waals surface area (Å²) in [6.07, 6.45) is 3.65. The first-order valence-electron chi connectivity index (χ1n) is 6.87. The van der Waals surface area contributed by atoms with Crippen LogP contribution in [0.4, 0.5) is 0 Å². The molecule has 0 amide bonds. The summed E-state index contributed by atoms with van der Waals surface area (Å²) in [6, 6.07) is 8.36. The minimum absolute atomic E-state index is 0.225. The first-order valence-corrected chi connectivity index (χ1v) is 8.31. The topological polar surface area (TPSA) is 90.9 Å². The van der Waals surface area contributed by atoms with Gasteiger partial charge in [0.05, 0.1) is 16.8 Å². The van der Waals surface area contributed by atoms with Gasteiger partial charge >= 0.3 is 0 Å². The lowest BCUT2D eigenvalue weighted by molar-refractivity contribution is 0.588. The molecule has 114 valence electrons. The molecule has 3 rings (SSSR count). The molecule has 0 saturated carbocycles. The lowest BCUT2D eigenvalue weighted by atomic mass is 10.2. The van der Waals surface area contributed by atoms with Crippen LogP contribution in [0.2, 0.25) is 0 Å². The fraction of sp³-hybridized carbons (Fsp3) is 0.200. The summed E-state index contributed by atoms with van der Waals surface area (Å²) in [5, 5.41) is 0. The molecule has 3 aromatic rings. The van der Waals surface area contributed by atoms with E-state index in [1.807, 2.05) is 6.92 Å². The second-order valence-corrected chi connectivity index (χ2v) is 6.85. The molecule has 0 atom stereocenters. The van der Waals surface area contributed by atoms with Gasteiger partial charge in [0.25, 0.3) is 10.0 Å². The van der Waals surface area contributed by atoms with Crippen molar-refractivity contribution < 1.29 is 8.42 Å². The van der Waals surface area contributed by atoms with Crippen molar-refractivity contribution in [1.29, 1.82) is 0 Å². The van der Waals surface area contributed by atoms with Crippen LogP contribution in [0.1, 0.15) is 11.3 Å². The lowest BCUT2D eigenvalue weighted by Crippen LogP contribution is -2.13. The van der Waals surface area contributed by atoms with Crippen molar-refractivity contribution in [3.8, 4) is 0 Å². The summed E-state index contributed by atoms with van der Waals surface area (Å²) in [6.45, 7) is 2.38. The molecule has 2 aromatic heterocycles. The van der Waals surface area contributed by atoms with E-state index < -0.39 is 10.0 Å². The van der Waals surface area contributed by atoms with Crippen molar-refractivity contribution in [2.75, 3.05) is 6.54 Å². The third kappa shape index (κ3) is 2.49. The highest BCUT2D eigenvalue weighted by Crippen LogP contribution is 2.20. The Kier molecular flexibility index (Phi) is 3.67. The maximum Gasteiger partial charge on any atom is 0.269 e. The number of fused-ring (bicyclic) bond motifs is 1. The molecule has 0 aliphatic rings. The van der Waals surface area contributed by atoms with Crippen molar-refractivity contribution in [2.45, 2.75) is 18.2 Å². The standard InChI is InChI=1S/C15H16N4O2S/c1-11-2-4-13(5-3-11)22(20,21)19-9-7-14-15(19)17-10-12(18-14)6-8-16/h2-5,7,9-10H,6,8,16H2,1H3. The lowest BCUT2D eigenvalue weighted by Gasteiger charge is -2.07. The molecule has 2 heterocycles. The zero-order valence-corrected chi connectivity index (χ0v) is 12.9. The number of hydrogen-bond acceptors (Lipinski definition) is 5. The number of nitrogens with zero attached hydrogens (tertiary/aromatic N) is 3. The van der Waals surface area contributed by atoms with Gasteiger partial charge in [-0.05, 0) is 31.7 Å². The highest BCUT2D eigenvalue weighted by atomic mass is 32.2. The summed E-state index contributed by atoms with van der Waals surface area (Å²) < 4.78 is 26.6. The van der Waals surface area contributed by atoms with Crippen LogP contribution < -0.4 is 5.73 Å². The first kappa shape index (κ1) is 14.7. The highest BCUT2D eigenvalue weighted by Gasteiger charge is 2.20. The Morgan fingerprint density at radius 2 is 1.91 bits per heavy atom. The number of hydrogen-bond donors (Lipinski definition) is 1. The van der Waals surface area contributed by atoms with Gasteiger partial charge in [0.1, 0.15) is 5.52 Å². The minimum atomic E-state index is -3.67. The average molecular weight is 316 g/mol. The maximum atomic E-state index is 12.7. The van der Waals surface area contributed by atoms with E-state index in [2.05, 4.69) is 9.97 Å². The van der Waals surface area contributed by atoms with E-state index in [9.17, 15) is 8.42 Å². The van der Waals surface area contributed by atoms with Crippen LogP contribution in [0, 0.1) is 6.92 Å². The summed E-state index contributed by atoms with van der Waals surface area (Å²) in [5.41, 5.74) is 8.12.